The third-order valence-corrected chi connectivity index (χ3v) is 2.47. The molecule has 0 aliphatic carbocycles. The van der Waals surface area contributed by atoms with E-state index in [1.165, 1.54) is 0 Å². The normalized spacial score (nSPS) is 13.6. The predicted octanol–water partition coefficient (Wildman–Crippen LogP) is 3.72. The van der Waals surface area contributed by atoms with Crippen LogP contribution in [0.1, 0.15) is 41.5 Å². The number of anilines is 1. The molecule has 0 fully saturated rings. The van der Waals surface area contributed by atoms with Gasteiger partial charge in [-0.15, -0.1) is 0 Å². The molecule has 96 valence electrons. The molecule has 3 heteroatoms. The van der Waals surface area contributed by atoms with Gasteiger partial charge < -0.3 is 10.1 Å². The molecule has 0 aromatic carbocycles. The highest BCUT2D eigenvalue weighted by Crippen LogP contribution is 2.18. The minimum absolute atomic E-state index is 0.00921. The van der Waals surface area contributed by atoms with Crippen LogP contribution in [0.5, 0.6) is 5.88 Å². The van der Waals surface area contributed by atoms with Crippen LogP contribution in [0, 0.1) is 5.92 Å². The lowest BCUT2D eigenvalue weighted by atomic mass is 10.1. The zero-order valence-electron chi connectivity index (χ0n) is 11.7. The van der Waals surface area contributed by atoms with Crippen LogP contribution in [-0.2, 0) is 0 Å². The van der Waals surface area contributed by atoms with Gasteiger partial charge in [0.15, 0.2) is 0 Å². The van der Waals surface area contributed by atoms with E-state index < -0.39 is 0 Å². The van der Waals surface area contributed by atoms with Crippen molar-refractivity contribution in [3.05, 3.63) is 18.2 Å². The number of rotatable bonds is 4. The Labute approximate surface area is 105 Å². The molecule has 1 atom stereocenters. The van der Waals surface area contributed by atoms with Crippen LogP contribution < -0.4 is 10.1 Å². The summed E-state index contributed by atoms with van der Waals surface area (Å²) in [6.45, 7) is 12.7. The Morgan fingerprint density at radius 3 is 2.35 bits per heavy atom. The van der Waals surface area contributed by atoms with E-state index >= 15 is 0 Å². The Morgan fingerprint density at radius 1 is 1.18 bits per heavy atom. The highest BCUT2D eigenvalue weighted by molar-refractivity contribution is 5.39. The van der Waals surface area contributed by atoms with Crippen molar-refractivity contribution in [2.24, 2.45) is 5.92 Å². The first-order chi connectivity index (χ1) is 7.78. The fourth-order valence-electron chi connectivity index (χ4n) is 1.26. The standard InChI is InChI=1S/C14H24N2O/c1-10(2)11(3)17-13-9-7-8-12(15-13)16-14(4,5)6/h7-11H,1-6H3,(H,15,16). The molecule has 0 aliphatic rings. The van der Waals surface area contributed by atoms with Crippen LogP contribution in [0.25, 0.3) is 0 Å². The van der Waals surface area contributed by atoms with Crippen LogP contribution in [0.3, 0.4) is 0 Å². The molecule has 1 aromatic rings. The summed E-state index contributed by atoms with van der Waals surface area (Å²) < 4.78 is 5.78. The van der Waals surface area contributed by atoms with Crippen molar-refractivity contribution in [3.63, 3.8) is 0 Å². The fraction of sp³-hybridized carbons (Fsp3) is 0.643. The first-order valence-electron chi connectivity index (χ1n) is 6.20. The summed E-state index contributed by atoms with van der Waals surface area (Å²) in [7, 11) is 0. The SMILES string of the molecule is CC(C)C(C)Oc1cccc(NC(C)(C)C)n1. The van der Waals surface area contributed by atoms with E-state index in [0.29, 0.717) is 11.8 Å². The Bertz CT molecular complexity index is 355. The largest absolute Gasteiger partial charge is 0.474 e. The molecular weight excluding hydrogens is 212 g/mol. The maximum Gasteiger partial charge on any atom is 0.215 e. The second-order valence-electron chi connectivity index (χ2n) is 5.80. The monoisotopic (exact) mass is 236 g/mol. The predicted molar refractivity (Wildman–Crippen MR) is 72.5 cm³/mol. The van der Waals surface area contributed by atoms with Gasteiger partial charge in [-0.3, -0.25) is 0 Å². The molecule has 1 rings (SSSR count). The van der Waals surface area contributed by atoms with Gasteiger partial charge in [0.25, 0.3) is 0 Å². The maximum absolute atomic E-state index is 5.78. The van der Waals surface area contributed by atoms with Gasteiger partial charge in [-0.2, -0.15) is 4.98 Å². The van der Waals surface area contributed by atoms with Crippen LogP contribution in [-0.4, -0.2) is 16.6 Å². The summed E-state index contributed by atoms with van der Waals surface area (Å²) in [5, 5.41) is 3.33. The summed E-state index contributed by atoms with van der Waals surface area (Å²) in [6.07, 6.45) is 0.174. The third-order valence-electron chi connectivity index (χ3n) is 2.47. The summed E-state index contributed by atoms with van der Waals surface area (Å²) in [6, 6.07) is 5.81. The molecule has 1 heterocycles. The van der Waals surface area contributed by atoms with Crippen molar-refractivity contribution in [2.75, 3.05) is 5.32 Å². The van der Waals surface area contributed by atoms with Crippen LogP contribution in [0.15, 0.2) is 18.2 Å². The third kappa shape index (κ3) is 5.07. The van der Waals surface area contributed by atoms with Gasteiger partial charge in [0.2, 0.25) is 5.88 Å². The summed E-state index contributed by atoms with van der Waals surface area (Å²) in [4.78, 5) is 4.45. The molecule has 3 nitrogen and oxygen atoms in total. The van der Waals surface area contributed by atoms with Gasteiger partial charge in [0.1, 0.15) is 5.82 Å². The van der Waals surface area contributed by atoms with Gasteiger partial charge >= 0.3 is 0 Å². The minimum atomic E-state index is 0.00921. The number of aromatic nitrogens is 1. The number of hydrogen-bond donors (Lipinski definition) is 1. The van der Waals surface area contributed by atoms with Crippen LogP contribution >= 0.6 is 0 Å². The van der Waals surface area contributed by atoms with Gasteiger partial charge in [-0.25, -0.2) is 0 Å². The zero-order chi connectivity index (χ0) is 13.1. The van der Waals surface area contributed by atoms with Crippen molar-refractivity contribution in [1.29, 1.82) is 0 Å². The molecule has 0 radical (unpaired) electrons. The topological polar surface area (TPSA) is 34.1 Å². The number of hydrogen-bond acceptors (Lipinski definition) is 3. The van der Waals surface area contributed by atoms with Crippen LogP contribution in [0.4, 0.5) is 5.82 Å². The second-order valence-corrected chi connectivity index (χ2v) is 5.80. The first kappa shape index (κ1) is 13.8. The molecule has 0 spiro atoms. The van der Waals surface area contributed by atoms with E-state index in [-0.39, 0.29) is 11.6 Å². The number of nitrogens with one attached hydrogen (secondary N) is 1. The van der Waals surface area contributed by atoms with Gasteiger partial charge in [-0.1, -0.05) is 19.9 Å². The van der Waals surface area contributed by atoms with Crippen molar-refractivity contribution in [2.45, 2.75) is 53.2 Å². The van der Waals surface area contributed by atoms with Gasteiger partial charge in [-0.05, 0) is 39.7 Å². The van der Waals surface area contributed by atoms with E-state index in [1.807, 2.05) is 18.2 Å². The Morgan fingerprint density at radius 2 is 1.82 bits per heavy atom. The van der Waals surface area contributed by atoms with Crippen molar-refractivity contribution in [1.82, 2.24) is 4.98 Å². The van der Waals surface area contributed by atoms with E-state index in [4.69, 9.17) is 4.74 Å². The summed E-state index contributed by atoms with van der Waals surface area (Å²) >= 11 is 0. The van der Waals surface area contributed by atoms with Gasteiger partial charge in [0.05, 0.1) is 6.10 Å². The maximum atomic E-state index is 5.78. The quantitative estimate of drug-likeness (QED) is 0.865. The van der Waals surface area contributed by atoms with E-state index in [9.17, 15) is 0 Å². The molecule has 0 amide bonds. The van der Waals surface area contributed by atoms with Gasteiger partial charge in [0, 0.05) is 11.6 Å². The average Bonchev–Trinajstić information content (AvgIpc) is 2.15. The number of pyridine rings is 1. The Kier molecular flexibility index (Phi) is 4.38. The first-order valence-corrected chi connectivity index (χ1v) is 6.20. The van der Waals surface area contributed by atoms with Crippen molar-refractivity contribution < 1.29 is 4.74 Å². The molecule has 0 bridgehead atoms. The molecule has 17 heavy (non-hydrogen) atoms. The fourth-order valence-corrected chi connectivity index (χ4v) is 1.26. The molecule has 0 saturated heterocycles. The Hall–Kier alpha value is -1.25. The van der Waals surface area contributed by atoms with E-state index in [2.05, 4.69) is 51.8 Å². The second kappa shape index (κ2) is 5.39. The molecular formula is C14H24N2O. The molecule has 0 saturated carbocycles. The van der Waals surface area contributed by atoms with Crippen molar-refractivity contribution in [3.8, 4) is 5.88 Å². The smallest absolute Gasteiger partial charge is 0.215 e. The molecule has 0 aliphatic heterocycles. The molecule has 1 N–H and O–H groups in total. The van der Waals surface area contributed by atoms with E-state index in [1.54, 1.807) is 0 Å². The molecule has 1 aromatic heterocycles. The Balaban J connectivity index is 2.72. The van der Waals surface area contributed by atoms with Crippen molar-refractivity contribution >= 4 is 5.82 Å². The lowest BCUT2D eigenvalue weighted by Gasteiger charge is -2.22. The zero-order valence-corrected chi connectivity index (χ0v) is 11.7. The number of ether oxygens (including phenoxy) is 1. The minimum Gasteiger partial charge on any atom is -0.474 e. The summed E-state index contributed by atoms with van der Waals surface area (Å²) in [5.74, 6) is 2.02. The van der Waals surface area contributed by atoms with E-state index in [0.717, 1.165) is 5.82 Å². The lowest BCUT2D eigenvalue weighted by Crippen LogP contribution is -2.27. The average molecular weight is 236 g/mol. The highest BCUT2D eigenvalue weighted by Gasteiger charge is 2.12. The molecule has 1 unspecified atom stereocenters. The number of nitrogens with zero attached hydrogens (tertiary/aromatic N) is 1. The summed E-state index contributed by atoms with van der Waals surface area (Å²) in [5.41, 5.74) is 0.00921. The van der Waals surface area contributed by atoms with Crippen LogP contribution in [0.2, 0.25) is 0 Å². The highest BCUT2D eigenvalue weighted by atomic mass is 16.5. The lowest BCUT2D eigenvalue weighted by molar-refractivity contribution is 0.163.